The molecule has 0 aliphatic carbocycles. The Labute approximate surface area is 159 Å². The number of nitrogens with one attached hydrogen (secondary N) is 1. The van der Waals surface area contributed by atoms with E-state index in [1.54, 1.807) is 24.3 Å². The van der Waals surface area contributed by atoms with E-state index in [0.717, 1.165) is 19.6 Å². The lowest BCUT2D eigenvalue weighted by Crippen LogP contribution is -2.48. The third kappa shape index (κ3) is 4.38. The molecular formula is C18H24N4O4S. The number of carbonyl (C=O) groups is 1. The molecule has 9 heteroatoms. The van der Waals surface area contributed by atoms with Gasteiger partial charge in [0.2, 0.25) is 10.0 Å². The van der Waals surface area contributed by atoms with Gasteiger partial charge in [0.1, 0.15) is 12.0 Å². The van der Waals surface area contributed by atoms with Crippen molar-refractivity contribution in [1.29, 1.82) is 0 Å². The van der Waals surface area contributed by atoms with Crippen molar-refractivity contribution in [3.05, 3.63) is 47.9 Å². The van der Waals surface area contributed by atoms with E-state index in [2.05, 4.69) is 17.1 Å². The van der Waals surface area contributed by atoms with Gasteiger partial charge in [0.25, 0.3) is 5.91 Å². The Hall–Kier alpha value is -2.20. The number of nitrogens with two attached hydrogens (primary N) is 1. The van der Waals surface area contributed by atoms with Crippen molar-refractivity contribution >= 4 is 21.6 Å². The molecule has 0 unspecified atom stereocenters. The van der Waals surface area contributed by atoms with E-state index in [1.807, 2.05) is 0 Å². The number of hydrogen-bond acceptors (Lipinski definition) is 6. The molecule has 3 N–H and O–H groups in total. The van der Waals surface area contributed by atoms with Gasteiger partial charge in [0, 0.05) is 31.9 Å². The number of nitrogens with zero attached hydrogens (tertiary/aromatic N) is 2. The zero-order valence-corrected chi connectivity index (χ0v) is 16.0. The van der Waals surface area contributed by atoms with Crippen molar-refractivity contribution in [2.45, 2.75) is 18.4 Å². The number of amides is 1. The van der Waals surface area contributed by atoms with Gasteiger partial charge in [0.05, 0.1) is 17.0 Å². The summed E-state index contributed by atoms with van der Waals surface area (Å²) in [6, 6.07) is 7.84. The number of likely N-dealkylation sites (N-methyl/N-ethyl adjacent to an activating group) is 1. The highest BCUT2D eigenvalue weighted by atomic mass is 32.2. The minimum absolute atomic E-state index is 0.167. The van der Waals surface area contributed by atoms with Gasteiger partial charge in [0.15, 0.2) is 0 Å². The molecule has 2 aromatic rings. The summed E-state index contributed by atoms with van der Waals surface area (Å²) in [5, 5.41) is 2.70. The molecular weight excluding hydrogens is 368 g/mol. The highest BCUT2D eigenvalue weighted by molar-refractivity contribution is 7.89. The Bertz CT molecular complexity index is 902. The molecule has 0 spiro atoms. The molecule has 1 aliphatic heterocycles. The Balaban J connectivity index is 1.73. The molecule has 1 aliphatic rings. The van der Waals surface area contributed by atoms with E-state index in [9.17, 15) is 13.2 Å². The molecule has 1 aromatic carbocycles. The molecule has 146 valence electrons. The van der Waals surface area contributed by atoms with Crippen LogP contribution in [0.2, 0.25) is 0 Å². The number of carbonyl (C=O) groups excluding carboxylic acids is 1. The van der Waals surface area contributed by atoms with E-state index < -0.39 is 10.0 Å². The quantitative estimate of drug-likeness (QED) is 0.767. The van der Waals surface area contributed by atoms with Gasteiger partial charge < -0.3 is 20.4 Å². The average Bonchev–Trinajstić information content (AvgIpc) is 3.18. The highest BCUT2D eigenvalue weighted by Gasteiger charge is 2.28. The van der Waals surface area contributed by atoms with Crippen LogP contribution in [-0.4, -0.2) is 56.3 Å². The van der Waals surface area contributed by atoms with Crippen LogP contribution in [0.4, 0.5) is 5.69 Å². The zero-order valence-electron chi connectivity index (χ0n) is 15.2. The summed E-state index contributed by atoms with van der Waals surface area (Å²) >= 11 is 0. The van der Waals surface area contributed by atoms with Crippen LogP contribution in [0.25, 0.3) is 0 Å². The number of hydrogen-bond donors (Lipinski definition) is 2. The maximum atomic E-state index is 12.9. The fraction of sp³-hybridized carbons (Fsp3) is 0.389. The zero-order chi connectivity index (χ0) is 19.4. The summed E-state index contributed by atoms with van der Waals surface area (Å²) in [5.41, 5.74) is 6.21. The van der Waals surface area contributed by atoms with Gasteiger partial charge >= 0.3 is 0 Å². The largest absolute Gasteiger partial charge is 0.467 e. The first-order valence-corrected chi connectivity index (χ1v) is 10.3. The lowest BCUT2D eigenvalue weighted by atomic mass is 10.2. The van der Waals surface area contributed by atoms with E-state index in [-0.39, 0.29) is 17.3 Å². The predicted octanol–water partition coefficient (Wildman–Crippen LogP) is 1.32. The molecule has 0 bridgehead atoms. The average molecular weight is 392 g/mol. The highest BCUT2D eigenvalue weighted by Crippen LogP contribution is 2.21. The number of benzene rings is 1. The third-order valence-electron chi connectivity index (χ3n) is 4.63. The summed E-state index contributed by atoms with van der Waals surface area (Å²) in [7, 11) is -3.60. The molecule has 1 fully saturated rings. The number of furan rings is 1. The van der Waals surface area contributed by atoms with Crippen molar-refractivity contribution in [3.8, 4) is 0 Å². The standard InChI is InChI=1S/C18H24N4O4S/c1-2-21-6-8-22(9-7-21)27(24,25)17-5-3-4-15(11-17)20-18(23)14-10-16(12-19)26-13-14/h3-5,10-11,13H,2,6-9,12,19H2,1H3,(H,20,23). The van der Waals surface area contributed by atoms with Gasteiger partial charge in [-0.25, -0.2) is 8.42 Å². The molecule has 1 amide bonds. The summed E-state index contributed by atoms with van der Waals surface area (Å²) in [6.07, 6.45) is 1.32. The first-order chi connectivity index (χ1) is 12.9. The minimum Gasteiger partial charge on any atom is -0.467 e. The second-order valence-corrected chi connectivity index (χ2v) is 8.26. The number of piperazine rings is 1. The SMILES string of the molecule is CCN1CCN(S(=O)(=O)c2cccc(NC(=O)c3coc(CN)c3)c2)CC1. The number of sulfonamides is 1. The van der Waals surface area contributed by atoms with Gasteiger partial charge in [-0.05, 0) is 30.8 Å². The maximum absolute atomic E-state index is 12.9. The first-order valence-electron chi connectivity index (χ1n) is 8.85. The van der Waals surface area contributed by atoms with Crippen LogP contribution in [-0.2, 0) is 16.6 Å². The number of rotatable bonds is 6. The van der Waals surface area contributed by atoms with Crippen molar-refractivity contribution in [2.24, 2.45) is 5.73 Å². The molecule has 2 heterocycles. The Kier molecular flexibility index (Phi) is 5.95. The topological polar surface area (TPSA) is 109 Å². The smallest absolute Gasteiger partial charge is 0.258 e. The monoisotopic (exact) mass is 392 g/mol. The lowest BCUT2D eigenvalue weighted by molar-refractivity contribution is 0.102. The summed E-state index contributed by atoms with van der Waals surface area (Å²) in [4.78, 5) is 14.7. The van der Waals surface area contributed by atoms with E-state index in [4.69, 9.17) is 10.2 Å². The van der Waals surface area contributed by atoms with Crippen LogP contribution in [0.3, 0.4) is 0 Å². The van der Waals surface area contributed by atoms with Gasteiger partial charge in [-0.3, -0.25) is 4.79 Å². The molecule has 1 saturated heterocycles. The Morgan fingerprint density at radius 2 is 1.96 bits per heavy atom. The molecule has 8 nitrogen and oxygen atoms in total. The van der Waals surface area contributed by atoms with Crippen LogP contribution in [0, 0.1) is 0 Å². The van der Waals surface area contributed by atoms with Gasteiger partial charge in [-0.15, -0.1) is 0 Å². The molecule has 0 saturated carbocycles. The molecule has 0 atom stereocenters. The lowest BCUT2D eigenvalue weighted by Gasteiger charge is -2.33. The predicted molar refractivity (Wildman–Crippen MR) is 102 cm³/mol. The minimum atomic E-state index is -3.60. The van der Waals surface area contributed by atoms with Crippen LogP contribution in [0.5, 0.6) is 0 Å². The fourth-order valence-electron chi connectivity index (χ4n) is 2.98. The van der Waals surface area contributed by atoms with Crippen molar-refractivity contribution in [2.75, 3.05) is 38.0 Å². The summed E-state index contributed by atoms with van der Waals surface area (Å²) < 4.78 is 32.4. The van der Waals surface area contributed by atoms with Crippen molar-refractivity contribution in [1.82, 2.24) is 9.21 Å². The van der Waals surface area contributed by atoms with Crippen LogP contribution in [0.1, 0.15) is 23.0 Å². The number of anilines is 1. The molecule has 3 rings (SSSR count). The van der Waals surface area contributed by atoms with E-state index in [1.165, 1.54) is 16.6 Å². The molecule has 0 radical (unpaired) electrons. The Morgan fingerprint density at radius 3 is 2.59 bits per heavy atom. The van der Waals surface area contributed by atoms with Gasteiger partial charge in [-0.2, -0.15) is 4.31 Å². The molecule has 1 aromatic heterocycles. The third-order valence-corrected chi connectivity index (χ3v) is 6.52. The first kappa shape index (κ1) is 19.6. The summed E-state index contributed by atoms with van der Waals surface area (Å²) in [6.45, 7) is 5.54. The van der Waals surface area contributed by atoms with Crippen molar-refractivity contribution in [3.63, 3.8) is 0 Å². The van der Waals surface area contributed by atoms with Crippen LogP contribution < -0.4 is 11.1 Å². The second-order valence-electron chi connectivity index (χ2n) is 6.33. The van der Waals surface area contributed by atoms with Crippen LogP contribution >= 0.6 is 0 Å². The Morgan fingerprint density at radius 1 is 1.22 bits per heavy atom. The summed E-state index contributed by atoms with van der Waals surface area (Å²) in [5.74, 6) is 0.118. The van der Waals surface area contributed by atoms with Gasteiger partial charge in [-0.1, -0.05) is 13.0 Å². The van der Waals surface area contributed by atoms with Crippen molar-refractivity contribution < 1.29 is 17.6 Å². The maximum Gasteiger partial charge on any atom is 0.258 e. The molecule has 27 heavy (non-hydrogen) atoms. The normalized spacial score (nSPS) is 16.4. The van der Waals surface area contributed by atoms with E-state index in [0.29, 0.717) is 30.1 Å². The van der Waals surface area contributed by atoms with E-state index >= 15 is 0 Å². The second kappa shape index (κ2) is 8.22. The fourth-order valence-corrected chi connectivity index (χ4v) is 4.45. The van der Waals surface area contributed by atoms with Crippen LogP contribution in [0.15, 0.2) is 45.9 Å².